The molecule has 0 aliphatic rings. The average Bonchev–Trinajstić information content (AvgIpc) is 2.70. The molecule has 4 heteroatoms. The van der Waals surface area contributed by atoms with Crippen molar-refractivity contribution in [2.45, 2.75) is 31.8 Å². The molecule has 0 aliphatic carbocycles. The Morgan fingerprint density at radius 3 is 2.88 bits per heavy atom. The van der Waals surface area contributed by atoms with Crippen molar-refractivity contribution in [3.8, 4) is 0 Å². The maximum absolute atomic E-state index is 9.05. The van der Waals surface area contributed by atoms with E-state index in [1.807, 2.05) is 26.0 Å². The highest BCUT2D eigenvalue weighted by molar-refractivity contribution is 5.04. The first kappa shape index (κ1) is 13.2. The molecule has 0 aliphatic heterocycles. The fourth-order valence-electron chi connectivity index (χ4n) is 1.88. The molecular weight excluding hydrogens is 206 g/mol. The lowest BCUT2D eigenvalue weighted by atomic mass is 9.97. The molecule has 0 saturated heterocycles. The second kappa shape index (κ2) is 6.03. The average molecular weight is 227 g/mol. The predicted molar refractivity (Wildman–Crippen MR) is 62.2 cm³/mol. The monoisotopic (exact) mass is 227 g/mol. The van der Waals surface area contributed by atoms with E-state index in [1.54, 1.807) is 13.4 Å². The number of methoxy groups -OCH3 is 1. The number of hydrogen-bond donors (Lipinski definition) is 2. The van der Waals surface area contributed by atoms with Gasteiger partial charge in [0.1, 0.15) is 5.76 Å². The van der Waals surface area contributed by atoms with Crippen molar-refractivity contribution < 1.29 is 14.3 Å². The van der Waals surface area contributed by atoms with E-state index >= 15 is 0 Å². The highest BCUT2D eigenvalue weighted by Gasteiger charge is 2.26. The summed E-state index contributed by atoms with van der Waals surface area (Å²) < 4.78 is 10.5. The van der Waals surface area contributed by atoms with Gasteiger partial charge in [-0.05, 0) is 32.4 Å². The first-order valence-electron chi connectivity index (χ1n) is 5.52. The van der Waals surface area contributed by atoms with Gasteiger partial charge in [-0.2, -0.15) is 0 Å². The van der Waals surface area contributed by atoms with Crippen LogP contribution in [0.3, 0.4) is 0 Å². The first-order chi connectivity index (χ1) is 7.61. The zero-order valence-corrected chi connectivity index (χ0v) is 10.2. The Hall–Kier alpha value is -0.840. The summed E-state index contributed by atoms with van der Waals surface area (Å²) in [5, 5.41) is 12.5. The van der Waals surface area contributed by atoms with Gasteiger partial charge in [0.2, 0.25) is 0 Å². The van der Waals surface area contributed by atoms with Gasteiger partial charge in [0, 0.05) is 19.3 Å². The Morgan fingerprint density at radius 2 is 2.38 bits per heavy atom. The predicted octanol–water partition coefficient (Wildman–Crippen LogP) is 1.72. The Balaban J connectivity index is 2.60. The van der Waals surface area contributed by atoms with Crippen molar-refractivity contribution in [3.05, 3.63) is 24.2 Å². The summed E-state index contributed by atoms with van der Waals surface area (Å²) >= 11 is 0. The Morgan fingerprint density at radius 1 is 1.62 bits per heavy atom. The Kier molecular flexibility index (Phi) is 4.99. The maximum Gasteiger partial charge on any atom is 0.120 e. The van der Waals surface area contributed by atoms with Crippen molar-refractivity contribution in [1.82, 2.24) is 5.32 Å². The standard InChI is InChI=1S/C12H21NO3/c1-10(11-5-4-8-16-11)13-12(2,6-7-14)9-15-3/h4-5,8,10,13-14H,6-7,9H2,1-3H3. The van der Waals surface area contributed by atoms with Crippen LogP contribution in [-0.4, -0.2) is 31.0 Å². The molecule has 0 spiro atoms. The fourth-order valence-corrected chi connectivity index (χ4v) is 1.88. The number of aliphatic hydroxyl groups excluding tert-OH is 1. The van der Waals surface area contributed by atoms with Crippen molar-refractivity contribution in [3.63, 3.8) is 0 Å². The van der Waals surface area contributed by atoms with Gasteiger partial charge < -0.3 is 14.3 Å². The second-order valence-corrected chi connectivity index (χ2v) is 4.35. The second-order valence-electron chi connectivity index (χ2n) is 4.35. The van der Waals surface area contributed by atoms with Gasteiger partial charge in [-0.1, -0.05) is 0 Å². The van der Waals surface area contributed by atoms with Crippen LogP contribution in [0.15, 0.2) is 22.8 Å². The molecule has 2 N–H and O–H groups in total. The van der Waals surface area contributed by atoms with Crippen LogP contribution < -0.4 is 5.32 Å². The van der Waals surface area contributed by atoms with E-state index in [0.29, 0.717) is 13.0 Å². The largest absolute Gasteiger partial charge is 0.468 e. The highest BCUT2D eigenvalue weighted by atomic mass is 16.5. The molecule has 1 aromatic rings. The van der Waals surface area contributed by atoms with E-state index in [-0.39, 0.29) is 18.2 Å². The maximum atomic E-state index is 9.05. The van der Waals surface area contributed by atoms with Crippen molar-refractivity contribution in [2.24, 2.45) is 0 Å². The van der Waals surface area contributed by atoms with Gasteiger partial charge in [-0.3, -0.25) is 5.32 Å². The van der Waals surface area contributed by atoms with Crippen LogP contribution in [0.2, 0.25) is 0 Å². The molecule has 0 bridgehead atoms. The van der Waals surface area contributed by atoms with Crippen LogP contribution in [0, 0.1) is 0 Å². The number of nitrogens with one attached hydrogen (secondary N) is 1. The summed E-state index contributed by atoms with van der Waals surface area (Å²) in [6, 6.07) is 3.90. The zero-order valence-electron chi connectivity index (χ0n) is 10.2. The van der Waals surface area contributed by atoms with E-state index in [1.165, 1.54) is 0 Å². The zero-order chi connectivity index (χ0) is 12.0. The van der Waals surface area contributed by atoms with E-state index in [2.05, 4.69) is 5.32 Å². The van der Waals surface area contributed by atoms with Crippen LogP contribution in [0.1, 0.15) is 32.1 Å². The van der Waals surface area contributed by atoms with Gasteiger partial charge >= 0.3 is 0 Å². The molecule has 0 radical (unpaired) electrons. The number of rotatable bonds is 7. The number of furan rings is 1. The lowest BCUT2D eigenvalue weighted by molar-refractivity contribution is 0.0891. The highest BCUT2D eigenvalue weighted by Crippen LogP contribution is 2.19. The van der Waals surface area contributed by atoms with Crippen molar-refractivity contribution in [2.75, 3.05) is 20.3 Å². The molecule has 1 heterocycles. The minimum Gasteiger partial charge on any atom is -0.468 e. The topological polar surface area (TPSA) is 54.6 Å². The van der Waals surface area contributed by atoms with E-state index in [9.17, 15) is 0 Å². The molecule has 92 valence electrons. The SMILES string of the molecule is COCC(C)(CCO)NC(C)c1ccco1. The lowest BCUT2D eigenvalue weighted by Gasteiger charge is -2.32. The van der Waals surface area contributed by atoms with Gasteiger partial charge in [0.05, 0.1) is 18.9 Å². The summed E-state index contributed by atoms with van der Waals surface area (Å²) in [5.74, 6) is 0.889. The van der Waals surface area contributed by atoms with Gasteiger partial charge in [-0.15, -0.1) is 0 Å². The molecule has 16 heavy (non-hydrogen) atoms. The van der Waals surface area contributed by atoms with Gasteiger partial charge in [0.25, 0.3) is 0 Å². The number of ether oxygens (including phenoxy) is 1. The molecule has 1 rings (SSSR count). The number of aliphatic hydroxyl groups is 1. The molecule has 0 saturated carbocycles. The third-order valence-electron chi connectivity index (χ3n) is 2.66. The third kappa shape index (κ3) is 3.63. The van der Waals surface area contributed by atoms with Crippen molar-refractivity contribution >= 4 is 0 Å². The molecule has 0 fully saturated rings. The van der Waals surface area contributed by atoms with Crippen molar-refractivity contribution in [1.29, 1.82) is 0 Å². The molecule has 0 amide bonds. The minimum atomic E-state index is -0.240. The van der Waals surface area contributed by atoms with Gasteiger partial charge in [-0.25, -0.2) is 0 Å². The summed E-state index contributed by atoms with van der Waals surface area (Å²) in [5.41, 5.74) is -0.240. The van der Waals surface area contributed by atoms with Crippen LogP contribution in [0.5, 0.6) is 0 Å². The van der Waals surface area contributed by atoms with E-state index in [0.717, 1.165) is 5.76 Å². The van der Waals surface area contributed by atoms with E-state index < -0.39 is 0 Å². The van der Waals surface area contributed by atoms with E-state index in [4.69, 9.17) is 14.3 Å². The minimum absolute atomic E-state index is 0.0988. The first-order valence-corrected chi connectivity index (χ1v) is 5.52. The molecule has 2 unspecified atom stereocenters. The number of hydrogen-bond acceptors (Lipinski definition) is 4. The van der Waals surface area contributed by atoms with Crippen LogP contribution in [0.25, 0.3) is 0 Å². The van der Waals surface area contributed by atoms with Crippen LogP contribution in [-0.2, 0) is 4.74 Å². The van der Waals surface area contributed by atoms with Crippen LogP contribution in [0.4, 0.5) is 0 Å². The molecule has 2 atom stereocenters. The third-order valence-corrected chi connectivity index (χ3v) is 2.66. The molecular formula is C12H21NO3. The normalized spacial score (nSPS) is 17.0. The summed E-state index contributed by atoms with van der Waals surface area (Å²) in [6.45, 7) is 4.76. The Labute approximate surface area is 96.6 Å². The van der Waals surface area contributed by atoms with Gasteiger partial charge in [0.15, 0.2) is 0 Å². The summed E-state index contributed by atoms with van der Waals surface area (Å²) in [4.78, 5) is 0. The fraction of sp³-hybridized carbons (Fsp3) is 0.667. The quantitative estimate of drug-likeness (QED) is 0.744. The Bertz CT molecular complexity index is 278. The lowest BCUT2D eigenvalue weighted by Crippen LogP contribution is -2.48. The molecule has 1 aromatic heterocycles. The molecule has 0 aromatic carbocycles. The van der Waals surface area contributed by atoms with Crippen LogP contribution >= 0.6 is 0 Å². The molecule has 4 nitrogen and oxygen atoms in total. The smallest absolute Gasteiger partial charge is 0.120 e. The summed E-state index contributed by atoms with van der Waals surface area (Å²) in [7, 11) is 1.66. The summed E-state index contributed by atoms with van der Waals surface area (Å²) in [6.07, 6.45) is 2.30.